The summed E-state index contributed by atoms with van der Waals surface area (Å²) in [5, 5.41) is 2.70. The Morgan fingerprint density at radius 1 is 0.464 bits per heavy atom. The van der Waals surface area contributed by atoms with E-state index < -0.39 is 7.92 Å². The summed E-state index contributed by atoms with van der Waals surface area (Å²) in [4.78, 5) is 0. The standard InChI is InChI=1S/C26H24NP/c27-25(21-13-5-1-6-14-21)26(22-15-7-2-8-16-22)28(23-17-9-3-10-18-23)24-19-11-4-12-20-24/h1-20,25-26H,27H2/t25?,26-/m1/s1. The Morgan fingerprint density at radius 2 is 0.821 bits per heavy atom. The van der Waals surface area contributed by atoms with Gasteiger partial charge in [0.25, 0.3) is 0 Å². The Labute approximate surface area is 168 Å². The third-order valence-electron chi connectivity index (χ3n) is 5.01. The fourth-order valence-electron chi connectivity index (χ4n) is 3.67. The smallest absolute Gasteiger partial charge is 0.0410 e. The van der Waals surface area contributed by atoms with Crippen molar-refractivity contribution in [1.29, 1.82) is 0 Å². The van der Waals surface area contributed by atoms with Gasteiger partial charge >= 0.3 is 0 Å². The third-order valence-corrected chi connectivity index (χ3v) is 7.90. The van der Waals surface area contributed by atoms with E-state index in [9.17, 15) is 0 Å². The maximum absolute atomic E-state index is 6.96. The summed E-state index contributed by atoms with van der Waals surface area (Å²) in [5.74, 6) is 0. The molecule has 2 atom stereocenters. The summed E-state index contributed by atoms with van der Waals surface area (Å²) in [6.45, 7) is 0. The minimum Gasteiger partial charge on any atom is -0.323 e. The van der Waals surface area contributed by atoms with Crippen molar-refractivity contribution in [2.24, 2.45) is 5.73 Å². The summed E-state index contributed by atoms with van der Waals surface area (Å²) in [6.07, 6.45) is 0. The average molecular weight is 381 g/mol. The van der Waals surface area contributed by atoms with Crippen molar-refractivity contribution in [3.63, 3.8) is 0 Å². The van der Waals surface area contributed by atoms with Crippen LogP contribution in [0.2, 0.25) is 0 Å². The highest BCUT2D eigenvalue weighted by molar-refractivity contribution is 7.73. The van der Waals surface area contributed by atoms with E-state index in [0.29, 0.717) is 0 Å². The summed E-state index contributed by atoms with van der Waals surface area (Å²) < 4.78 is 0. The molecule has 0 aliphatic carbocycles. The molecule has 4 aromatic rings. The zero-order chi connectivity index (χ0) is 19.2. The Balaban J connectivity index is 1.89. The largest absolute Gasteiger partial charge is 0.323 e. The zero-order valence-corrected chi connectivity index (χ0v) is 16.6. The fourth-order valence-corrected chi connectivity index (χ4v) is 6.56. The van der Waals surface area contributed by atoms with E-state index in [0.717, 1.165) is 0 Å². The van der Waals surface area contributed by atoms with Crippen molar-refractivity contribution in [3.8, 4) is 0 Å². The molecule has 1 nitrogen and oxygen atoms in total. The molecule has 138 valence electrons. The molecule has 0 aliphatic rings. The molecule has 0 amide bonds. The molecule has 0 radical (unpaired) electrons. The second-order valence-electron chi connectivity index (χ2n) is 6.83. The van der Waals surface area contributed by atoms with Gasteiger partial charge in [-0.05, 0) is 29.7 Å². The molecule has 4 aromatic carbocycles. The Kier molecular flexibility index (Phi) is 5.97. The van der Waals surface area contributed by atoms with Crippen LogP contribution in [0.25, 0.3) is 0 Å². The molecule has 0 aromatic heterocycles. The molecule has 0 bridgehead atoms. The van der Waals surface area contributed by atoms with Gasteiger partial charge in [0.2, 0.25) is 0 Å². The first-order chi connectivity index (χ1) is 13.8. The van der Waals surface area contributed by atoms with Crippen molar-refractivity contribution >= 4 is 18.5 Å². The van der Waals surface area contributed by atoms with E-state index in [2.05, 4.69) is 115 Å². The molecular formula is C26H24NP. The van der Waals surface area contributed by atoms with Crippen LogP contribution in [0.5, 0.6) is 0 Å². The molecule has 2 N–H and O–H groups in total. The van der Waals surface area contributed by atoms with E-state index in [1.807, 2.05) is 6.07 Å². The van der Waals surface area contributed by atoms with Gasteiger partial charge in [-0.3, -0.25) is 0 Å². The molecule has 0 aliphatic heterocycles. The second-order valence-corrected chi connectivity index (χ2v) is 9.16. The highest BCUT2D eigenvalue weighted by Gasteiger charge is 2.31. The minimum atomic E-state index is -0.679. The van der Waals surface area contributed by atoms with Crippen LogP contribution < -0.4 is 16.3 Å². The van der Waals surface area contributed by atoms with Crippen LogP contribution >= 0.6 is 7.92 Å². The van der Waals surface area contributed by atoms with Crippen LogP contribution in [0.15, 0.2) is 121 Å². The van der Waals surface area contributed by atoms with Gasteiger partial charge in [0.05, 0.1) is 0 Å². The minimum absolute atomic E-state index is 0.0878. The number of rotatable bonds is 6. The Bertz CT molecular complexity index is 932. The van der Waals surface area contributed by atoms with Crippen molar-refractivity contribution in [1.82, 2.24) is 0 Å². The monoisotopic (exact) mass is 381 g/mol. The first-order valence-corrected chi connectivity index (χ1v) is 11.0. The molecule has 1 unspecified atom stereocenters. The summed E-state index contributed by atoms with van der Waals surface area (Å²) >= 11 is 0. The summed E-state index contributed by atoms with van der Waals surface area (Å²) in [6, 6.07) is 42.8. The molecule has 0 saturated carbocycles. The lowest BCUT2D eigenvalue weighted by atomic mass is 9.99. The molecule has 0 fully saturated rings. The summed E-state index contributed by atoms with van der Waals surface area (Å²) in [5.41, 5.74) is 9.61. The maximum Gasteiger partial charge on any atom is 0.0410 e. The maximum atomic E-state index is 6.96. The predicted octanol–water partition coefficient (Wildman–Crippen LogP) is 5.56. The highest BCUT2D eigenvalue weighted by Crippen LogP contribution is 2.54. The lowest BCUT2D eigenvalue weighted by Gasteiger charge is -2.34. The van der Waals surface area contributed by atoms with Crippen LogP contribution in [-0.4, -0.2) is 0 Å². The van der Waals surface area contributed by atoms with Crippen molar-refractivity contribution in [2.75, 3.05) is 0 Å². The van der Waals surface area contributed by atoms with Gasteiger partial charge in [-0.25, -0.2) is 0 Å². The summed E-state index contributed by atoms with van der Waals surface area (Å²) in [7, 11) is -0.679. The number of hydrogen-bond acceptors (Lipinski definition) is 1. The van der Waals surface area contributed by atoms with Crippen LogP contribution in [0.1, 0.15) is 22.8 Å². The number of nitrogens with two attached hydrogens (primary N) is 1. The van der Waals surface area contributed by atoms with Crippen LogP contribution in [0.3, 0.4) is 0 Å². The van der Waals surface area contributed by atoms with Gasteiger partial charge in [-0.15, -0.1) is 0 Å². The quantitative estimate of drug-likeness (QED) is 0.435. The molecule has 0 saturated heterocycles. The first kappa shape index (κ1) is 18.6. The van der Waals surface area contributed by atoms with Gasteiger partial charge in [-0.1, -0.05) is 121 Å². The van der Waals surface area contributed by atoms with Gasteiger partial charge < -0.3 is 5.73 Å². The fraction of sp³-hybridized carbons (Fsp3) is 0.0769. The molecule has 0 spiro atoms. The number of hydrogen-bond donors (Lipinski definition) is 1. The molecule has 28 heavy (non-hydrogen) atoms. The molecular weight excluding hydrogens is 357 g/mol. The Hall–Kier alpha value is -2.73. The van der Waals surface area contributed by atoms with Gasteiger partial charge in [0.15, 0.2) is 0 Å². The average Bonchev–Trinajstić information content (AvgIpc) is 2.79. The van der Waals surface area contributed by atoms with E-state index in [1.165, 1.54) is 21.7 Å². The lowest BCUT2D eigenvalue weighted by Crippen LogP contribution is -2.26. The van der Waals surface area contributed by atoms with Crippen molar-refractivity contribution < 1.29 is 0 Å². The van der Waals surface area contributed by atoms with Gasteiger partial charge in [-0.2, -0.15) is 0 Å². The number of benzene rings is 4. The van der Waals surface area contributed by atoms with Crippen molar-refractivity contribution in [3.05, 3.63) is 132 Å². The van der Waals surface area contributed by atoms with Crippen molar-refractivity contribution in [2.45, 2.75) is 11.7 Å². The third kappa shape index (κ3) is 4.07. The van der Waals surface area contributed by atoms with E-state index in [4.69, 9.17) is 5.73 Å². The van der Waals surface area contributed by atoms with Gasteiger partial charge in [0, 0.05) is 11.7 Å². The molecule has 4 rings (SSSR count). The van der Waals surface area contributed by atoms with E-state index in [-0.39, 0.29) is 11.7 Å². The second kappa shape index (κ2) is 8.97. The normalized spacial score (nSPS) is 13.2. The van der Waals surface area contributed by atoms with Crippen LogP contribution in [0.4, 0.5) is 0 Å². The highest BCUT2D eigenvalue weighted by atomic mass is 31.1. The Morgan fingerprint density at radius 3 is 1.25 bits per heavy atom. The SMILES string of the molecule is NC(c1ccccc1)[C@@H](c1ccccc1)P(c1ccccc1)c1ccccc1. The first-order valence-electron chi connectivity index (χ1n) is 9.59. The van der Waals surface area contributed by atoms with Crippen LogP contribution in [-0.2, 0) is 0 Å². The topological polar surface area (TPSA) is 26.0 Å². The van der Waals surface area contributed by atoms with Gasteiger partial charge in [0.1, 0.15) is 0 Å². The van der Waals surface area contributed by atoms with E-state index in [1.54, 1.807) is 0 Å². The lowest BCUT2D eigenvalue weighted by molar-refractivity contribution is 0.700. The van der Waals surface area contributed by atoms with E-state index >= 15 is 0 Å². The zero-order valence-electron chi connectivity index (χ0n) is 15.7. The predicted molar refractivity (Wildman–Crippen MR) is 122 cm³/mol. The molecule has 0 heterocycles. The molecule has 2 heteroatoms. The van der Waals surface area contributed by atoms with Crippen LogP contribution in [0, 0.1) is 0 Å².